The minimum Gasteiger partial charge on any atom is -0.491 e. The minimum absolute atomic E-state index is 0.0643. The quantitative estimate of drug-likeness (QED) is 0.814. The number of nitrogens with zero attached hydrogens (tertiary/aromatic N) is 3. The average Bonchev–Trinajstić information content (AvgIpc) is 3.23. The van der Waals surface area contributed by atoms with Gasteiger partial charge >= 0.3 is 0 Å². The van der Waals surface area contributed by atoms with Crippen LogP contribution < -0.4 is 5.32 Å². The summed E-state index contributed by atoms with van der Waals surface area (Å²) in [6, 6.07) is 0.145. The molecule has 1 atom stereocenters. The zero-order chi connectivity index (χ0) is 20.6. The van der Waals surface area contributed by atoms with Crippen LogP contribution in [0.2, 0.25) is 0 Å². The van der Waals surface area contributed by atoms with Crippen LogP contribution in [-0.2, 0) is 20.8 Å². The zero-order valence-corrected chi connectivity index (χ0v) is 17.5. The van der Waals surface area contributed by atoms with Crippen LogP contribution in [0.4, 0.5) is 0 Å². The first-order valence-corrected chi connectivity index (χ1v) is 10.5. The number of likely N-dealkylation sites (tertiary alicyclic amines) is 1. The van der Waals surface area contributed by atoms with E-state index in [0.717, 1.165) is 37.9 Å². The Morgan fingerprint density at radius 2 is 1.97 bits per heavy atom. The number of aromatic nitrogens is 2. The maximum Gasteiger partial charge on any atom is 0.290 e. The number of piperidine rings is 1. The summed E-state index contributed by atoms with van der Waals surface area (Å²) >= 11 is 0. The lowest BCUT2D eigenvalue weighted by Gasteiger charge is -2.33. The van der Waals surface area contributed by atoms with Gasteiger partial charge < -0.3 is 19.7 Å². The fraction of sp³-hybridized carbons (Fsp3) is 0.667. The van der Waals surface area contributed by atoms with Gasteiger partial charge in [0.25, 0.3) is 11.8 Å². The molecular weight excluding hydrogens is 372 g/mol. The molecule has 1 aromatic rings. The first-order chi connectivity index (χ1) is 13.9. The molecule has 1 N–H and O–H groups in total. The van der Waals surface area contributed by atoms with Gasteiger partial charge in [-0.2, -0.15) is 5.10 Å². The third-order valence-electron chi connectivity index (χ3n) is 6.48. The summed E-state index contributed by atoms with van der Waals surface area (Å²) in [5, 5.41) is 7.45. The van der Waals surface area contributed by atoms with E-state index in [1.165, 1.54) is 0 Å². The summed E-state index contributed by atoms with van der Waals surface area (Å²) in [6.07, 6.45) is 5.45. The van der Waals surface area contributed by atoms with Gasteiger partial charge in [-0.25, -0.2) is 0 Å². The van der Waals surface area contributed by atoms with Crippen LogP contribution >= 0.6 is 0 Å². The van der Waals surface area contributed by atoms with Crippen LogP contribution in [0.15, 0.2) is 17.7 Å². The second-order valence-electron chi connectivity index (χ2n) is 8.33. The fourth-order valence-electron chi connectivity index (χ4n) is 4.48. The third-order valence-corrected chi connectivity index (χ3v) is 6.48. The second-order valence-corrected chi connectivity index (χ2v) is 8.33. The van der Waals surface area contributed by atoms with Crippen molar-refractivity contribution in [1.82, 2.24) is 20.0 Å². The molecule has 3 heterocycles. The third kappa shape index (κ3) is 3.72. The molecule has 0 bridgehead atoms. The van der Waals surface area contributed by atoms with Gasteiger partial charge in [0.1, 0.15) is 19.0 Å². The van der Waals surface area contributed by atoms with Crippen molar-refractivity contribution >= 4 is 11.8 Å². The van der Waals surface area contributed by atoms with Crippen LogP contribution in [-0.4, -0.2) is 58.8 Å². The van der Waals surface area contributed by atoms with Crippen molar-refractivity contribution in [3.8, 4) is 0 Å². The zero-order valence-electron chi connectivity index (χ0n) is 17.5. The monoisotopic (exact) mass is 402 g/mol. The summed E-state index contributed by atoms with van der Waals surface area (Å²) in [7, 11) is 0. The highest BCUT2D eigenvalue weighted by atomic mass is 16.6. The van der Waals surface area contributed by atoms with Crippen LogP contribution in [0, 0.1) is 12.3 Å². The molecule has 3 aliphatic rings. The highest BCUT2D eigenvalue weighted by Gasteiger charge is 2.56. The van der Waals surface area contributed by atoms with Crippen LogP contribution in [0.5, 0.6) is 0 Å². The molecule has 2 fully saturated rings. The van der Waals surface area contributed by atoms with Crippen molar-refractivity contribution in [3.05, 3.63) is 29.0 Å². The van der Waals surface area contributed by atoms with Crippen molar-refractivity contribution in [2.75, 3.05) is 26.3 Å². The molecule has 1 aliphatic carbocycles. The Balaban J connectivity index is 1.32. The molecular formula is C21H30N4O4. The van der Waals surface area contributed by atoms with E-state index in [-0.39, 0.29) is 23.3 Å². The molecule has 0 radical (unpaired) electrons. The normalized spacial score (nSPS) is 22.9. The molecule has 8 nitrogen and oxygen atoms in total. The number of hydrogen-bond donors (Lipinski definition) is 1. The van der Waals surface area contributed by atoms with Gasteiger partial charge in [-0.15, -0.1) is 0 Å². The Bertz CT molecular complexity index is 836. The first kappa shape index (κ1) is 19.8. The van der Waals surface area contributed by atoms with Gasteiger partial charge in [-0.05, 0) is 44.9 Å². The molecule has 4 rings (SSSR count). The van der Waals surface area contributed by atoms with E-state index in [0.29, 0.717) is 43.4 Å². The largest absolute Gasteiger partial charge is 0.491 e. The van der Waals surface area contributed by atoms with Crippen molar-refractivity contribution < 1.29 is 19.1 Å². The van der Waals surface area contributed by atoms with Gasteiger partial charge in [0.2, 0.25) is 5.76 Å². The summed E-state index contributed by atoms with van der Waals surface area (Å²) in [4.78, 5) is 27.3. The number of rotatable bonds is 5. The lowest BCUT2D eigenvalue weighted by Crippen LogP contribution is -2.42. The Hall–Kier alpha value is -2.51. The van der Waals surface area contributed by atoms with Crippen molar-refractivity contribution in [2.24, 2.45) is 5.41 Å². The lowest BCUT2D eigenvalue weighted by atomic mass is 9.92. The van der Waals surface area contributed by atoms with Crippen molar-refractivity contribution in [2.45, 2.75) is 59.0 Å². The molecule has 1 unspecified atom stereocenters. The lowest BCUT2D eigenvalue weighted by molar-refractivity contribution is -0.123. The number of allylic oxidation sites excluding steroid dienone is 1. The summed E-state index contributed by atoms with van der Waals surface area (Å²) in [5.74, 6) is 0.712. The van der Waals surface area contributed by atoms with Crippen LogP contribution in [0.3, 0.4) is 0 Å². The Labute approximate surface area is 171 Å². The van der Waals surface area contributed by atoms with Crippen molar-refractivity contribution in [1.29, 1.82) is 0 Å². The Morgan fingerprint density at radius 3 is 2.66 bits per heavy atom. The predicted octanol–water partition coefficient (Wildman–Crippen LogP) is 1.99. The molecule has 2 amide bonds. The van der Waals surface area contributed by atoms with E-state index >= 15 is 0 Å². The number of nitrogens with one attached hydrogen (secondary N) is 1. The van der Waals surface area contributed by atoms with E-state index in [4.69, 9.17) is 9.47 Å². The molecule has 1 spiro atoms. The van der Waals surface area contributed by atoms with Crippen LogP contribution in [0.25, 0.3) is 0 Å². The van der Waals surface area contributed by atoms with E-state index in [1.54, 1.807) is 13.1 Å². The van der Waals surface area contributed by atoms with E-state index < -0.39 is 0 Å². The molecule has 0 aromatic carbocycles. The second kappa shape index (κ2) is 7.72. The van der Waals surface area contributed by atoms with E-state index in [2.05, 4.69) is 17.3 Å². The molecule has 29 heavy (non-hydrogen) atoms. The topological polar surface area (TPSA) is 85.7 Å². The predicted molar refractivity (Wildman–Crippen MR) is 106 cm³/mol. The number of ether oxygens (including phenoxy) is 2. The first-order valence-electron chi connectivity index (χ1n) is 10.5. The fourth-order valence-corrected chi connectivity index (χ4v) is 4.48. The molecule has 158 valence electrons. The number of carbonyl (C=O) groups is 2. The number of aryl methyl sites for hydroxylation is 1. The number of hydrogen-bond acceptors (Lipinski definition) is 5. The van der Waals surface area contributed by atoms with Gasteiger partial charge in [0.15, 0.2) is 0 Å². The summed E-state index contributed by atoms with van der Waals surface area (Å²) in [6.45, 7) is 8.96. The average molecular weight is 402 g/mol. The number of carbonyl (C=O) groups excluding carboxylic acids is 2. The molecule has 2 aliphatic heterocycles. The van der Waals surface area contributed by atoms with Gasteiger partial charge in [-0.1, -0.05) is 6.92 Å². The Morgan fingerprint density at radius 1 is 1.24 bits per heavy atom. The minimum atomic E-state index is -0.193. The molecule has 1 aromatic heterocycles. The highest BCUT2D eigenvalue weighted by Crippen LogP contribution is 2.54. The van der Waals surface area contributed by atoms with E-state index in [1.807, 2.05) is 16.5 Å². The van der Waals surface area contributed by atoms with Crippen LogP contribution in [0.1, 0.15) is 55.6 Å². The standard InChI is InChI=1S/C21H30N4O4/c1-4-7-25-14(2)16(13-22-25)20(27)24-8-5-21(6-9-24)12-17(21)23-19(26)18-15(3)28-10-11-29-18/h13,17H,4-12H2,1-3H3,(H,23,26). The molecule has 1 saturated carbocycles. The van der Waals surface area contributed by atoms with Crippen molar-refractivity contribution in [3.63, 3.8) is 0 Å². The van der Waals surface area contributed by atoms with Gasteiger partial charge in [-0.3, -0.25) is 14.3 Å². The summed E-state index contributed by atoms with van der Waals surface area (Å²) < 4.78 is 12.8. The van der Waals surface area contributed by atoms with Gasteiger partial charge in [0, 0.05) is 31.4 Å². The molecule has 1 saturated heterocycles. The van der Waals surface area contributed by atoms with E-state index in [9.17, 15) is 9.59 Å². The SMILES string of the molecule is CCCn1ncc(C(=O)N2CCC3(CC2)CC3NC(=O)C2=C(C)OCCO2)c1C. The summed E-state index contributed by atoms with van der Waals surface area (Å²) in [5.41, 5.74) is 1.75. The smallest absolute Gasteiger partial charge is 0.290 e. The Kier molecular flexibility index (Phi) is 5.27. The number of amides is 2. The highest BCUT2D eigenvalue weighted by molar-refractivity contribution is 5.95. The van der Waals surface area contributed by atoms with Gasteiger partial charge in [0.05, 0.1) is 11.8 Å². The maximum absolute atomic E-state index is 12.9. The maximum atomic E-state index is 12.9. The molecule has 8 heteroatoms.